The highest BCUT2D eigenvalue weighted by molar-refractivity contribution is 8.11. The van der Waals surface area contributed by atoms with E-state index >= 15 is 0 Å². The molecule has 0 saturated carbocycles. The molecule has 2 aliphatic heterocycles. The molecule has 1 aromatic carbocycles. The predicted molar refractivity (Wildman–Crippen MR) is 126 cm³/mol. The summed E-state index contributed by atoms with van der Waals surface area (Å²) in [6.07, 6.45) is 0. The van der Waals surface area contributed by atoms with Crippen molar-refractivity contribution >= 4 is 51.0 Å². The minimum absolute atomic E-state index is 0.0489. The summed E-state index contributed by atoms with van der Waals surface area (Å²) in [5.74, 6) is -0.199. The minimum atomic E-state index is -0.199. The smallest absolute Gasteiger partial charge is 0.283 e. The summed E-state index contributed by atoms with van der Waals surface area (Å²) in [4.78, 5) is 30.0. The highest BCUT2D eigenvalue weighted by Gasteiger charge is 2.32. The Bertz CT molecular complexity index is 1270. The fourth-order valence-corrected chi connectivity index (χ4v) is 6.28. The summed E-state index contributed by atoms with van der Waals surface area (Å²) in [5.41, 5.74) is 2.97. The van der Waals surface area contributed by atoms with E-state index < -0.39 is 0 Å². The van der Waals surface area contributed by atoms with Crippen molar-refractivity contribution in [2.75, 3.05) is 11.6 Å². The molecule has 6 nitrogen and oxygen atoms in total. The zero-order valence-electron chi connectivity index (χ0n) is 17.7. The number of thiazole rings is 1. The van der Waals surface area contributed by atoms with E-state index in [9.17, 15) is 9.59 Å². The summed E-state index contributed by atoms with van der Waals surface area (Å²) in [6.45, 7) is 11.3. The van der Waals surface area contributed by atoms with Crippen LogP contribution < -0.4 is 19.8 Å². The number of anilines is 1. The fraction of sp³-hybridized carbons (Fsp3) is 0.318. The largest absolute Gasteiger partial charge is 0.338 e. The van der Waals surface area contributed by atoms with Gasteiger partial charge >= 0.3 is 0 Å². The molecule has 0 aliphatic carbocycles. The number of hydrogen-bond donors (Lipinski definition) is 0. The van der Waals surface area contributed by atoms with E-state index in [1.807, 2.05) is 44.2 Å². The summed E-state index contributed by atoms with van der Waals surface area (Å²) >= 11 is 3.02. The van der Waals surface area contributed by atoms with E-state index in [4.69, 9.17) is 0 Å². The van der Waals surface area contributed by atoms with Crippen molar-refractivity contribution < 1.29 is 4.79 Å². The molecule has 0 fully saturated rings. The Labute approximate surface area is 183 Å². The van der Waals surface area contributed by atoms with E-state index in [1.54, 1.807) is 16.3 Å². The molecule has 0 radical (unpaired) electrons. The highest BCUT2D eigenvalue weighted by Crippen LogP contribution is 2.40. The van der Waals surface area contributed by atoms with Gasteiger partial charge in [0.25, 0.3) is 11.5 Å². The number of aromatic nitrogens is 1. The van der Waals surface area contributed by atoms with Gasteiger partial charge in [-0.3, -0.25) is 14.2 Å². The lowest BCUT2D eigenvalue weighted by Gasteiger charge is -2.17. The van der Waals surface area contributed by atoms with E-state index in [1.165, 1.54) is 26.9 Å². The second-order valence-electron chi connectivity index (χ2n) is 7.09. The average molecular weight is 441 g/mol. The van der Waals surface area contributed by atoms with Gasteiger partial charge in [0.05, 0.1) is 17.0 Å². The van der Waals surface area contributed by atoms with Crippen molar-refractivity contribution in [3.8, 4) is 0 Å². The molecule has 0 unspecified atom stereocenters. The lowest BCUT2D eigenvalue weighted by molar-refractivity contribution is -0.112. The lowest BCUT2D eigenvalue weighted by atomic mass is 10.2. The zero-order chi connectivity index (χ0) is 21.6. The van der Waals surface area contributed by atoms with Crippen LogP contribution >= 0.6 is 23.1 Å². The molecule has 0 atom stereocenters. The van der Waals surface area contributed by atoms with Gasteiger partial charge < -0.3 is 4.90 Å². The van der Waals surface area contributed by atoms with Crippen molar-refractivity contribution in [3.63, 3.8) is 0 Å². The Morgan fingerprint density at radius 3 is 2.33 bits per heavy atom. The lowest BCUT2D eigenvalue weighted by Crippen LogP contribution is -2.35. The maximum absolute atomic E-state index is 13.3. The van der Waals surface area contributed by atoms with Crippen LogP contribution in [-0.2, 0) is 11.3 Å². The van der Waals surface area contributed by atoms with Gasteiger partial charge in [-0.15, -0.1) is 11.3 Å². The minimum Gasteiger partial charge on any atom is -0.338 e. The van der Waals surface area contributed by atoms with E-state index in [0.29, 0.717) is 32.7 Å². The number of amides is 1. The Balaban J connectivity index is 1.96. The molecule has 2 aromatic rings. The normalized spacial score (nSPS) is 20.6. The Hall–Kier alpha value is -2.58. The summed E-state index contributed by atoms with van der Waals surface area (Å²) in [5, 5.41) is 6.86. The molecule has 1 amide bonds. The number of hydrogen-bond acceptors (Lipinski definition) is 6. The van der Waals surface area contributed by atoms with Crippen LogP contribution in [0.25, 0.3) is 10.6 Å². The summed E-state index contributed by atoms with van der Waals surface area (Å²) in [7, 11) is 0. The number of carbonyl (C=O) groups excluding carboxylic acids is 1. The molecule has 0 bridgehead atoms. The van der Waals surface area contributed by atoms with Crippen molar-refractivity contribution in [1.82, 2.24) is 9.47 Å². The van der Waals surface area contributed by atoms with Crippen LogP contribution in [0.5, 0.6) is 0 Å². The molecule has 0 N–H and O–H groups in total. The van der Waals surface area contributed by atoms with Gasteiger partial charge in [-0.05, 0) is 46.8 Å². The number of carbonyl (C=O) groups is 1. The van der Waals surface area contributed by atoms with Gasteiger partial charge in [0.15, 0.2) is 0 Å². The van der Waals surface area contributed by atoms with Crippen LogP contribution in [0.2, 0.25) is 0 Å². The number of hydrazone groups is 1. The van der Waals surface area contributed by atoms with Crippen LogP contribution in [-0.4, -0.2) is 27.6 Å². The highest BCUT2D eigenvalue weighted by atomic mass is 32.2. The number of rotatable bonds is 3. The summed E-state index contributed by atoms with van der Waals surface area (Å²) < 4.78 is 3.06. The molecule has 30 heavy (non-hydrogen) atoms. The third kappa shape index (κ3) is 3.15. The molecule has 8 heteroatoms. The SMILES string of the molecule is CCN1C(C)=C(C)S/C1=c1/s/c(=C2\C(=O)N(c3ccccc3)N=C2C)n(CC)c1=O. The van der Waals surface area contributed by atoms with Gasteiger partial charge in [0.1, 0.15) is 14.2 Å². The van der Waals surface area contributed by atoms with Gasteiger partial charge in [-0.2, -0.15) is 10.1 Å². The second-order valence-corrected chi connectivity index (χ2v) is 9.29. The predicted octanol–water partition coefficient (Wildman–Crippen LogP) is 2.89. The molecule has 0 saturated heterocycles. The third-order valence-electron chi connectivity index (χ3n) is 5.35. The first kappa shape index (κ1) is 20.7. The molecule has 3 heterocycles. The maximum atomic E-state index is 13.3. The van der Waals surface area contributed by atoms with E-state index in [2.05, 4.69) is 30.8 Å². The van der Waals surface area contributed by atoms with Crippen LogP contribution in [0.3, 0.4) is 0 Å². The quantitative estimate of drug-likeness (QED) is 0.737. The van der Waals surface area contributed by atoms with Crippen LogP contribution in [0.4, 0.5) is 5.69 Å². The topological polar surface area (TPSA) is 57.9 Å². The van der Waals surface area contributed by atoms with Gasteiger partial charge in [0.2, 0.25) is 0 Å². The van der Waals surface area contributed by atoms with Gasteiger partial charge in [-0.25, -0.2) is 0 Å². The molecule has 156 valence electrons. The maximum Gasteiger partial charge on any atom is 0.283 e. The molecule has 1 aromatic heterocycles. The molecular weight excluding hydrogens is 416 g/mol. The Morgan fingerprint density at radius 2 is 1.70 bits per heavy atom. The first-order chi connectivity index (χ1) is 14.4. The number of nitrogens with zero attached hydrogens (tertiary/aromatic N) is 4. The Morgan fingerprint density at radius 1 is 1.00 bits per heavy atom. The number of benzene rings is 1. The van der Waals surface area contributed by atoms with Crippen molar-refractivity contribution in [1.29, 1.82) is 0 Å². The van der Waals surface area contributed by atoms with Crippen LogP contribution in [0, 0.1) is 0 Å². The monoisotopic (exact) mass is 440 g/mol. The van der Waals surface area contributed by atoms with Crippen LogP contribution in [0.15, 0.2) is 50.8 Å². The summed E-state index contributed by atoms with van der Waals surface area (Å²) in [6, 6.07) is 9.36. The van der Waals surface area contributed by atoms with Gasteiger partial charge in [0, 0.05) is 23.7 Å². The molecule has 2 aliphatic rings. The number of thioether (sulfide) groups is 1. The molecular formula is C22H24N4O2S2. The molecule has 4 rings (SSSR count). The number of para-hydroxylation sites is 1. The number of allylic oxidation sites excluding steroid dienone is 2. The fourth-order valence-electron chi connectivity index (χ4n) is 3.68. The van der Waals surface area contributed by atoms with E-state index in [-0.39, 0.29) is 11.5 Å². The van der Waals surface area contributed by atoms with Crippen molar-refractivity contribution in [3.05, 3.63) is 60.5 Å². The standard InChI is InChI=1S/C22H24N4O2S2/c1-6-24-14(4)15(5)29-22(24)18-20(28)25(7-2)21(30-18)17-13(3)23-26(19(17)27)16-11-9-8-10-12-16/h8-12H,6-7H2,1-5H3/b21-17-,22-18+. The Kier molecular flexibility index (Phi) is 5.46. The first-order valence-corrected chi connectivity index (χ1v) is 11.6. The van der Waals surface area contributed by atoms with Gasteiger partial charge in [-0.1, -0.05) is 30.0 Å². The van der Waals surface area contributed by atoms with Crippen LogP contribution in [0.1, 0.15) is 34.6 Å². The average Bonchev–Trinajstić information content (AvgIpc) is 3.33. The van der Waals surface area contributed by atoms with Crippen molar-refractivity contribution in [2.45, 2.75) is 41.2 Å². The molecule has 0 spiro atoms. The first-order valence-electron chi connectivity index (χ1n) is 9.95. The zero-order valence-corrected chi connectivity index (χ0v) is 19.4. The third-order valence-corrected chi connectivity index (χ3v) is 7.89. The van der Waals surface area contributed by atoms with Crippen molar-refractivity contribution in [2.24, 2.45) is 5.10 Å². The second kappa shape index (κ2) is 7.92. The van der Waals surface area contributed by atoms with E-state index in [0.717, 1.165) is 11.6 Å².